The minimum Gasteiger partial charge on any atom is -0.394 e. The fraction of sp³-hybridized carbons (Fsp3) is 0.500. The van der Waals surface area contributed by atoms with Crippen molar-refractivity contribution in [1.82, 2.24) is 0 Å². The Morgan fingerprint density at radius 3 is 2.74 bits per heavy atom. The lowest BCUT2D eigenvalue weighted by molar-refractivity contribution is -0.121. The van der Waals surface area contributed by atoms with E-state index in [2.05, 4.69) is 5.32 Å². The van der Waals surface area contributed by atoms with Gasteiger partial charge in [0.2, 0.25) is 5.91 Å². The van der Waals surface area contributed by atoms with Crippen LogP contribution in [0.1, 0.15) is 25.7 Å². The zero-order valence-electron chi connectivity index (χ0n) is 10.7. The van der Waals surface area contributed by atoms with E-state index < -0.39 is 5.54 Å². The van der Waals surface area contributed by atoms with E-state index in [9.17, 15) is 14.3 Å². The monoisotopic (exact) mass is 266 g/mol. The largest absolute Gasteiger partial charge is 0.394 e. The minimum atomic E-state index is -0.546. The summed E-state index contributed by atoms with van der Waals surface area (Å²) in [4.78, 5) is 12.0. The maximum atomic E-state index is 13.0. The highest BCUT2D eigenvalue weighted by atomic mass is 19.1. The molecular weight excluding hydrogens is 247 g/mol. The van der Waals surface area contributed by atoms with Crippen molar-refractivity contribution in [3.8, 4) is 0 Å². The Morgan fingerprint density at radius 1 is 1.47 bits per heavy atom. The third-order valence-corrected chi connectivity index (χ3v) is 3.76. The number of aliphatic hydroxyl groups excluding tert-OH is 1. The van der Waals surface area contributed by atoms with Crippen LogP contribution in [0.25, 0.3) is 0 Å². The van der Waals surface area contributed by atoms with Gasteiger partial charge in [-0.05, 0) is 43.9 Å². The molecule has 1 saturated carbocycles. The van der Waals surface area contributed by atoms with Crippen LogP contribution in [0.4, 0.5) is 10.1 Å². The molecule has 1 amide bonds. The molecule has 104 valence electrons. The van der Waals surface area contributed by atoms with E-state index in [1.54, 1.807) is 12.1 Å². The third kappa shape index (κ3) is 3.52. The van der Waals surface area contributed by atoms with Crippen LogP contribution >= 0.6 is 0 Å². The molecule has 0 unspecified atom stereocenters. The molecule has 1 fully saturated rings. The van der Waals surface area contributed by atoms with E-state index >= 15 is 0 Å². The third-order valence-electron chi connectivity index (χ3n) is 3.76. The Morgan fingerprint density at radius 2 is 2.16 bits per heavy atom. The van der Waals surface area contributed by atoms with Gasteiger partial charge in [-0.1, -0.05) is 6.07 Å². The van der Waals surface area contributed by atoms with E-state index in [0.29, 0.717) is 31.4 Å². The second-order valence-corrected chi connectivity index (χ2v) is 5.29. The van der Waals surface area contributed by atoms with Crippen molar-refractivity contribution in [2.45, 2.75) is 31.2 Å². The summed E-state index contributed by atoms with van der Waals surface area (Å²) in [5, 5.41) is 11.9. The standard InChI is InChI=1S/C14H19FN2O2/c15-11-2-1-3-12(8-11)17-13(19)10-4-6-14(16,9-18)7-5-10/h1-3,8,10,18H,4-7,9,16H2,(H,17,19). The number of nitrogens with two attached hydrogens (primary N) is 1. The predicted molar refractivity (Wildman–Crippen MR) is 71.0 cm³/mol. The first-order valence-electron chi connectivity index (χ1n) is 6.49. The van der Waals surface area contributed by atoms with E-state index in [0.717, 1.165) is 0 Å². The topological polar surface area (TPSA) is 75.3 Å². The summed E-state index contributed by atoms with van der Waals surface area (Å²) in [6.45, 7) is -0.0504. The van der Waals surface area contributed by atoms with Crippen LogP contribution in [-0.2, 0) is 4.79 Å². The second-order valence-electron chi connectivity index (χ2n) is 5.29. The first-order valence-corrected chi connectivity index (χ1v) is 6.49. The molecule has 1 aliphatic rings. The van der Waals surface area contributed by atoms with Crippen LogP contribution in [0, 0.1) is 11.7 Å². The predicted octanol–water partition coefficient (Wildman–Crippen LogP) is 1.64. The Bertz CT molecular complexity index is 457. The van der Waals surface area contributed by atoms with Crippen molar-refractivity contribution in [3.63, 3.8) is 0 Å². The normalized spacial score (nSPS) is 27.0. The van der Waals surface area contributed by atoms with Crippen LogP contribution in [-0.4, -0.2) is 23.2 Å². The highest BCUT2D eigenvalue weighted by Gasteiger charge is 2.33. The molecular formula is C14H19FN2O2. The van der Waals surface area contributed by atoms with Crippen LogP contribution in [0.15, 0.2) is 24.3 Å². The van der Waals surface area contributed by atoms with E-state index in [1.807, 2.05) is 0 Å². The van der Waals surface area contributed by atoms with Crippen molar-refractivity contribution in [3.05, 3.63) is 30.1 Å². The summed E-state index contributed by atoms with van der Waals surface area (Å²) in [6.07, 6.45) is 2.56. The molecule has 0 saturated heterocycles. The van der Waals surface area contributed by atoms with E-state index in [-0.39, 0.29) is 24.2 Å². The van der Waals surface area contributed by atoms with Crippen molar-refractivity contribution in [2.75, 3.05) is 11.9 Å². The lowest BCUT2D eigenvalue weighted by Gasteiger charge is -2.35. The maximum absolute atomic E-state index is 13.0. The summed E-state index contributed by atoms with van der Waals surface area (Å²) in [7, 11) is 0. The first kappa shape index (κ1) is 14.0. The van der Waals surface area contributed by atoms with Gasteiger partial charge in [-0.25, -0.2) is 4.39 Å². The molecule has 0 bridgehead atoms. The molecule has 19 heavy (non-hydrogen) atoms. The fourth-order valence-corrected chi connectivity index (χ4v) is 2.42. The van der Waals surface area contributed by atoms with Crippen molar-refractivity contribution in [1.29, 1.82) is 0 Å². The van der Waals surface area contributed by atoms with E-state index in [1.165, 1.54) is 12.1 Å². The average molecular weight is 266 g/mol. The van der Waals surface area contributed by atoms with Gasteiger partial charge < -0.3 is 16.2 Å². The fourth-order valence-electron chi connectivity index (χ4n) is 2.42. The van der Waals surface area contributed by atoms with Crippen molar-refractivity contribution >= 4 is 11.6 Å². The Labute approximate surface area is 111 Å². The SMILES string of the molecule is NC1(CO)CCC(C(=O)Nc2cccc(F)c2)CC1. The number of aliphatic hydroxyl groups is 1. The average Bonchev–Trinajstić information content (AvgIpc) is 2.39. The number of carbonyl (C=O) groups is 1. The number of amides is 1. The minimum absolute atomic E-state index is 0.0504. The molecule has 0 aliphatic heterocycles. The number of anilines is 1. The number of rotatable bonds is 3. The molecule has 0 heterocycles. The lowest BCUT2D eigenvalue weighted by Crippen LogP contribution is -2.47. The van der Waals surface area contributed by atoms with Gasteiger partial charge in [0.15, 0.2) is 0 Å². The van der Waals surface area contributed by atoms with Crippen LogP contribution in [0.3, 0.4) is 0 Å². The molecule has 0 spiro atoms. The Hall–Kier alpha value is -1.46. The number of carbonyl (C=O) groups excluding carboxylic acids is 1. The number of hydrogen-bond acceptors (Lipinski definition) is 3. The summed E-state index contributed by atoms with van der Waals surface area (Å²) < 4.78 is 13.0. The summed E-state index contributed by atoms with van der Waals surface area (Å²) in [5.74, 6) is -0.597. The zero-order chi connectivity index (χ0) is 13.9. The molecule has 1 aromatic rings. The Kier molecular flexibility index (Phi) is 4.17. The van der Waals surface area contributed by atoms with Gasteiger partial charge in [0, 0.05) is 17.1 Å². The molecule has 0 radical (unpaired) electrons. The Balaban J connectivity index is 1.92. The van der Waals surface area contributed by atoms with E-state index in [4.69, 9.17) is 5.73 Å². The highest BCUT2D eigenvalue weighted by Crippen LogP contribution is 2.30. The quantitative estimate of drug-likeness (QED) is 0.778. The van der Waals surface area contributed by atoms with Gasteiger partial charge in [-0.3, -0.25) is 4.79 Å². The van der Waals surface area contributed by atoms with Crippen molar-refractivity contribution in [2.24, 2.45) is 11.7 Å². The maximum Gasteiger partial charge on any atom is 0.227 e. The molecule has 2 rings (SSSR count). The number of nitrogens with one attached hydrogen (secondary N) is 1. The number of hydrogen-bond donors (Lipinski definition) is 3. The molecule has 5 heteroatoms. The van der Waals surface area contributed by atoms with Gasteiger partial charge in [-0.15, -0.1) is 0 Å². The zero-order valence-corrected chi connectivity index (χ0v) is 10.7. The molecule has 4 nitrogen and oxygen atoms in total. The first-order chi connectivity index (χ1) is 9.02. The van der Waals surface area contributed by atoms with Crippen LogP contribution in [0.2, 0.25) is 0 Å². The molecule has 1 aliphatic carbocycles. The molecule has 0 atom stereocenters. The van der Waals surface area contributed by atoms with Gasteiger partial charge in [0.05, 0.1) is 6.61 Å². The van der Waals surface area contributed by atoms with Gasteiger partial charge in [-0.2, -0.15) is 0 Å². The summed E-state index contributed by atoms with van der Waals surface area (Å²) in [6, 6.07) is 5.84. The number of halogens is 1. The highest BCUT2D eigenvalue weighted by molar-refractivity contribution is 5.92. The second kappa shape index (κ2) is 5.67. The summed E-state index contributed by atoms with van der Waals surface area (Å²) >= 11 is 0. The van der Waals surface area contributed by atoms with Crippen LogP contribution < -0.4 is 11.1 Å². The van der Waals surface area contributed by atoms with Gasteiger partial charge >= 0.3 is 0 Å². The van der Waals surface area contributed by atoms with Crippen LogP contribution in [0.5, 0.6) is 0 Å². The molecule has 4 N–H and O–H groups in total. The molecule has 1 aromatic carbocycles. The lowest BCUT2D eigenvalue weighted by atomic mass is 9.77. The van der Waals surface area contributed by atoms with Gasteiger partial charge in [0.1, 0.15) is 5.82 Å². The van der Waals surface area contributed by atoms with Gasteiger partial charge in [0.25, 0.3) is 0 Å². The number of benzene rings is 1. The van der Waals surface area contributed by atoms with Crippen molar-refractivity contribution < 1.29 is 14.3 Å². The molecule has 0 aromatic heterocycles. The smallest absolute Gasteiger partial charge is 0.227 e. The summed E-state index contributed by atoms with van der Waals surface area (Å²) in [5.41, 5.74) is 5.89.